The first kappa shape index (κ1) is 18.4. The third-order valence-corrected chi connectivity index (χ3v) is 4.34. The van der Waals surface area contributed by atoms with Gasteiger partial charge in [0.1, 0.15) is 11.6 Å². The largest absolute Gasteiger partial charge is 0.467 e. The Kier molecular flexibility index (Phi) is 5.07. The molecule has 4 rings (SSSR count). The molecule has 1 aromatic carbocycles. The van der Waals surface area contributed by atoms with E-state index in [-0.39, 0.29) is 30.4 Å². The van der Waals surface area contributed by atoms with E-state index in [2.05, 4.69) is 15.6 Å². The second-order valence-corrected chi connectivity index (χ2v) is 6.31. The van der Waals surface area contributed by atoms with E-state index in [1.807, 2.05) is 0 Å². The van der Waals surface area contributed by atoms with Crippen molar-refractivity contribution in [2.24, 2.45) is 0 Å². The lowest BCUT2D eigenvalue weighted by atomic mass is 10.2. The van der Waals surface area contributed by atoms with Crippen LogP contribution in [0.3, 0.4) is 0 Å². The van der Waals surface area contributed by atoms with Gasteiger partial charge in [0.05, 0.1) is 18.3 Å². The minimum absolute atomic E-state index is 0.0888. The topological polar surface area (TPSA) is 88.6 Å². The Bertz CT molecular complexity index is 1150. The Morgan fingerprint density at radius 2 is 1.76 bits per heavy atom. The maximum absolute atomic E-state index is 13.0. The van der Waals surface area contributed by atoms with E-state index in [4.69, 9.17) is 4.42 Å². The third-order valence-electron chi connectivity index (χ3n) is 4.34. The molecule has 3 heterocycles. The van der Waals surface area contributed by atoms with Gasteiger partial charge in [-0.1, -0.05) is 18.2 Å². The van der Waals surface area contributed by atoms with E-state index in [0.717, 1.165) is 5.56 Å². The lowest BCUT2D eigenvalue weighted by Gasteiger charge is -2.04. The van der Waals surface area contributed by atoms with Gasteiger partial charge in [-0.15, -0.1) is 0 Å². The Hall–Kier alpha value is -3.94. The number of hydrogen-bond acceptors (Lipinski definition) is 4. The lowest BCUT2D eigenvalue weighted by Crippen LogP contribution is -2.26. The van der Waals surface area contributed by atoms with Gasteiger partial charge >= 0.3 is 0 Å². The summed E-state index contributed by atoms with van der Waals surface area (Å²) in [6, 6.07) is 14.5. The van der Waals surface area contributed by atoms with Gasteiger partial charge in [-0.05, 0) is 42.0 Å². The highest BCUT2D eigenvalue weighted by atomic mass is 19.1. The molecule has 0 saturated heterocycles. The molecule has 4 aromatic rings. The van der Waals surface area contributed by atoms with E-state index in [9.17, 15) is 14.0 Å². The molecule has 0 saturated carbocycles. The number of halogens is 1. The van der Waals surface area contributed by atoms with Crippen LogP contribution >= 0.6 is 0 Å². The standard InChI is InChI=1S/C21H17FN4O3/c22-15-8-6-14(7-9-15)12-23-21(28)19-25-18(17-5-1-2-10-26(17)19)20(27)24-13-16-4-3-11-29-16/h1-11H,12-13H2,(H,23,28)(H,24,27). The van der Waals surface area contributed by atoms with E-state index < -0.39 is 11.8 Å². The van der Waals surface area contributed by atoms with Crippen LogP contribution in [0, 0.1) is 5.82 Å². The summed E-state index contributed by atoms with van der Waals surface area (Å²) < 4.78 is 19.8. The third kappa shape index (κ3) is 4.01. The fraction of sp³-hybridized carbons (Fsp3) is 0.0952. The number of nitrogens with one attached hydrogen (secondary N) is 2. The van der Waals surface area contributed by atoms with Crippen LogP contribution < -0.4 is 10.6 Å². The van der Waals surface area contributed by atoms with Crippen molar-refractivity contribution >= 4 is 17.3 Å². The van der Waals surface area contributed by atoms with Crippen LogP contribution in [0.25, 0.3) is 5.52 Å². The van der Waals surface area contributed by atoms with Gasteiger partial charge in [0.25, 0.3) is 11.8 Å². The number of pyridine rings is 1. The van der Waals surface area contributed by atoms with E-state index >= 15 is 0 Å². The molecule has 29 heavy (non-hydrogen) atoms. The molecular weight excluding hydrogens is 375 g/mol. The molecule has 8 heteroatoms. The number of hydrogen-bond donors (Lipinski definition) is 2. The van der Waals surface area contributed by atoms with Crippen LogP contribution in [0.2, 0.25) is 0 Å². The molecule has 0 aliphatic heterocycles. The number of benzene rings is 1. The van der Waals surface area contributed by atoms with Crippen molar-refractivity contribution in [3.63, 3.8) is 0 Å². The average Bonchev–Trinajstić information content (AvgIpc) is 3.39. The quantitative estimate of drug-likeness (QED) is 0.528. The summed E-state index contributed by atoms with van der Waals surface area (Å²) in [6.45, 7) is 0.421. The number of amides is 2. The minimum Gasteiger partial charge on any atom is -0.467 e. The average molecular weight is 392 g/mol. The van der Waals surface area contributed by atoms with Gasteiger partial charge in [0.2, 0.25) is 5.82 Å². The first-order valence-electron chi connectivity index (χ1n) is 8.92. The van der Waals surface area contributed by atoms with Crippen molar-refractivity contribution in [3.8, 4) is 0 Å². The van der Waals surface area contributed by atoms with Crippen molar-refractivity contribution in [2.45, 2.75) is 13.1 Å². The summed E-state index contributed by atoms with van der Waals surface area (Å²) in [5.41, 5.74) is 1.40. The molecule has 0 radical (unpaired) electrons. The van der Waals surface area contributed by atoms with E-state index in [1.165, 1.54) is 18.4 Å². The van der Waals surface area contributed by atoms with Crippen molar-refractivity contribution in [2.75, 3.05) is 0 Å². The molecule has 0 unspecified atom stereocenters. The Morgan fingerprint density at radius 3 is 2.52 bits per heavy atom. The highest BCUT2D eigenvalue weighted by Crippen LogP contribution is 2.14. The first-order chi connectivity index (χ1) is 14.1. The summed E-state index contributed by atoms with van der Waals surface area (Å²) in [5.74, 6) is -0.502. The summed E-state index contributed by atoms with van der Waals surface area (Å²) in [7, 11) is 0. The molecule has 7 nitrogen and oxygen atoms in total. The molecule has 0 spiro atoms. The van der Waals surface area contributed by atoms with Gasteiger partial charge in [-0.25, -0.2) is 9.37 Å². The van der Waals surface area contributed by atoms with Gasteiger partial charge in [-0.3, -0.25) is 14.0 Å². The Labute approximate surface area is 165 Å². The zero-order valence-corrected chi connectivity index (χ0v) is 15.3. The van der Waals surface area contributed by atoms with E-state index in [0.29, 0.717) is 11.3 Å². The fourth-order valence-corrected chi connectivity index (χ4v) is 2.89. The predicted molar refractivity (Wildman–Crippen MR) is 103 cm³/mol. The molecule has 0 aliphatic rings. The van der Waals surface area contributed by atoms with Crippen molar-refractivity contribution < 1.29 is 18.4 Å². The molecule has 0 aliphatic carbocycles. The summed E-state index contributed by atoms with van der Waals surface area (Å²) in [4.78, 5) is 29.5. The van der Waals surface area contributed by atoms with Gasteiger partial charge in [-0.2, -0.15) is 0 Å². The number of fused-ring (bicyclic) bond motifs is 1. The monoisotopic (exact) mass is 392 g/mol. The molecular formula is C21H17FN4O3. The highest BCUT2D eigenvalue weighted by Gasteiger charge is 2.21. The number of furan rings is 1. The molecule has 2 amide bonds. The van der Waals surface area contributed by atoms with Crippen LogP contribution in [-0.2, 0) is 13.1 Å². The maximum atomic E-state index is 13.0. The predicted octanol–water partition coefficient (Wildman–Crippen LogP) is 2.93. The van der Waals surface area contributed by atoms with Gasteiger partial charge in [0, 0.05) is 12.7 Å². The Morgan fingerprint density at radius 1 is 0.966 bits per heavy atom. The lowest BCUT2D eigenvalue weighted by molar-refractivity contribution is 0.0939. The smallest absolute Gasteiger partial charge is 0.287 e. The van der Waals surface area contributed by atoms with Crippen LogP contribution in [-0.4, -0.2) is 21.2 Å². The molecule has 146 valence electrons. The van der Waals surface area contributed by atoms with E-state index in [1.54, 1.807) is 53.1 Å². The zero-order chi connectivity index (χ0) is 20.2. The number of carbonyl (C=O) groups is 2. The summed E-state index contributed by atoms with van der Waals surface area (Å²) >= 11 is 0. The zero-order valence-electron chi connectivity index (χ0n) is 15.3. The molecule has 0 bridgehead atoms. The van der Waals surface area contributed by atoms with Crippen molar-refractivity contribution in [1.82, 2.24) is 20.0 Å². The van der Waals surface area contributed by atoms with Crippen LogP contribution in [0.15, 0.2) is 71.5 Å². The fourth-order valence-electron chi connectivity index (χ4n) is 2.89. The molecule has 0 fully saturated rings. The maximum Gasteiger partial charge on any atom is 0.287 e. The normalized spacial score (nSPS) is 10.8. The molecule has 2 N–H and O–H groups in total. The number of carbonyl (C=O) groups excluding carboxylic acids is 2. The number of nitrogens with zero attached hydrogens (tertiary/aromatic N) is 2. The summed E-state index contributed by atoms with van der Waals surface area (Å²) in [5, 5.41) is 5.48. The van der Waals surface area contributed by atoms with Crippen LogP contribution in [0.4, 0.5) is 4.39 Å². The number of rotatable bonds is 6. The van der Waals surface area contributed by atoms with Crippen LogP contribution in [0.1, 0.15) is 32.4 Å². The van der Waals surface area contributed by atoms with Crippen molar-refractivity contribution in [1.29, 1.82) is 0 Å². The second-order valence-electron chi connectivity index (χ2n) is 6.31. The molecule has 3 aromatic heterocycles. The minimum atomic E-state index is -0.444. The van der Waals surface area contributed by atoms with Crippen LogP contribution in [0.5, 0.6) is 0 Å². The van der Waals surface area contributed by atoms with Crippen molar-refractivity contribution in [3.05, 3.63) is 95.7 Å². The first-order valence-corrected chi connectivity index (χ1v) is 8.92. The Balaban J connectivity index is 1.53. The van der Waals surface area contributed by atoms with Gasteiger partial charge in [0.15, 0.2) is 5.69 Å². The SMILES string of the molecule is O=C(NCc1ccco1)c1nc(C(=O)NCc2ccc(F)cc2)n2ccccc12. The highest BCUT2D eigenvalue weighted by molar-refractivity contribution is 6.02. The number of aromatic nitrogens is 2. The second kappa shape index (κ2) is 7.97. The number of imidazole rings is 1. The van der Waals surface area contributed by atoms with Gasteiger partial charge < -0.3 is 15.1 Å². The molecule has 0 atom stereocenters. The summed E-state index contributed by atoms with van der Waals surface area (Å²) in [6.07, 6.45) is 3.19.